The highest BCUT2D eigenvalue weighted by Gasteiger charge is 2.21. The molecule has 1 aromatic carbocycles. The van der Waals surface area contributed by atoms with Gasteiger partial charge in [0.2, 0.25) is 5.82 Å². The number of aryl methyl sites for hydroxylation is 4. The summed E-state index contributed by atoms with van der Waals surface area (Å²) in [6.07, 6.45) is 0. The lowest BCUT2D eigenvalue weighted by Gasteiger charge is -2.08. The van der Waals surface area contributed by atoms with Gasteiger partial charge in [-0.3, -0.25) is 9.48 Å². The number of hydrogen-bond donors (Lipinski definition) is 1. The Morgan fingerprint density at radius 2 is 1.79 bits per heavy atom. The molecule has 4 aromatic rings. The fourth-order valence-corrected chi connectivity index (χ4v) is 3.45. The van der Waals surface area contributed by atoms with Crippen LogP contribution in [-0.4, -0.2) is 35.3 Å². The van der Waals surface area contributed by atoms with Gasteiger partial charge in [0, 0.05) is 28.5 Å². The van der Waals surface area contributed by atoms with Crippen molar-refractivity contribution in [3.05, 3.63) is 57.7 Å². The van der Waals surface area contributed by atoms with Gasteiger partial charge in [0.25, 0.3) is 11.7 Å². The van der Waals surface area contributed by atoms with Crippen molar-refractivity contribution in [3.8, 4) is 11.1 Å². The quantitative estimate of drug-likeness (QED) is 0.527. The van der Waals surface area contributed by atoms with Gasteiger partial charge in [-0.2, -0.15) is 10.1 Å². The van der Waals surface area contributed by atoms with E-state index in [4.69, 9.17) is 0 Å². The number of anilines is 1. The van der Waals surface area contributed by atoms with Crippen LogP contribution in [0, 0.1) is 20.8 Å². The molecule has 0 bridgehead atoms. The van der Waals surface area contributed by atoms with Crippen molar-refractivity contribution in [3.63, 3.8) is 0 Å². The maximum Gasteiger partial charge on any atom is 0.296 e. The molecule has 1 N–H and O–H groups in total. The monoisotopic (exact) mass is 439 g/mol. The van der Waals surface area contributed by atoms with Crippen molar-refractivity contribution < 1.29 is 4.79 Å². The van der Waals surface area contributed by atoms with E-state index in [0.717, 1.165) is 32.7 Å². The van der Waals surface area contributed by atoms with E-state index in [1.165, 1.54) is 0 Å². The Kier molecular flexibility index (Phi) is 4.46. The highest BCUT2D eigenvalue weighted by atomic mass is 79.9. The molecular weight excluding hydrogens is 422 g/mol. The Morgan fingerprint density at radius 1 is 1.07 bits per heavy atom. The summed E-state index contributed by atoms with van der Waals surface area (Å²) in [5, 5.41) is 11.7. The van der Waals surface area contributed by atoms with Crippen LogP contribution < -0.4 is 5.32 Å². The maximum absolute atomic E-state index is 12.9. The van der Waals surface area contributed by atoms with E-state index in [0.29, 0.717) is 11.6 Å². The van der Waals surface area contributed by atoms with Crippen molar-refractivity contribution >= 4 is 33.4 Å². The van der Waals surface area contributed by atoms with E-state index in [-0.39, 0.29) is 5.82 Å². The lowest BCUT2D eigenvalue weighted by atomic mass is 10.1. The second-order valence-corrected chi connectivity index (χ2v) is 7.50. The van der Waals surface area contributed by atoms with Crippen molar-refractivity contribution in [1.29, 1.82) is 0 Å². The van der Waals surface area contributed by atoms with Crippen molar-refractivity contribution in [2.45, 2.75) is 20.8 Å². The third kappa shape index (κ3) is 3.18. The second-order valence-electron chi connectivity index (χ2n) is 6.58. The normalized spacial score (nSPS) is 11.2. The highest BCUT2D eigenvalue weighted by molar-refractivity contribution is 9.10. The summed E-state index contributed by atoms with van der Waals surface area (Å²) >= 11 is 3.44. The molecule has 0 saturated carbocycles. The number of aromatic nitrogens is 6. The van der Waals surface area contributed by atoms with E-state index >= 15 is 0 Å². The van der Waals surface area contributed by atoms with Gasteiger partial charge in [-0.1, -0.05) is 28.1 Å². The standard InChI is InChI=1S/C19H18BrN7O/c1-10-9-11(2)27-19(21-10)22-16(25-27)18(28)23-17-15(12(3)24-26(17)4)13-5-7-14(20)8-6-13/h5-9H,1-4H3,(H,23,28). The number of nitrogens with zero attached hydrogens (tertiary/aromatic N) is 6. The number of hydrogen-bond acceptors (Lipinski definition) is 5. The minimum absolute atomic E-state index is 0.0572. The number of amides is 1. The minimum atomic E-state index is -0.413. The maximum atomic E-state index is 12.9. The Balaban J connectivity index is 1.72. The second kappa shape index (κ2) is 6.83. The summed E-state index contributed by atoms with van der Waals surface area (Å²) < 4.78 is 4.19. The van der Waals surface area contributed by atoms with Gasteiger partial charge < -0.3 is 5.32 Å². The van der Waals surface area contributed by atoms with Gasteiger partial charge in [-0.25, -0.2) is 9.50 Å². The Morgan fingerprint density at radius 3 is 2.50 bits per heavy atom. The van der Waals surface area contributed by atoms with Crippen LogP contribution in [0.3, 0.4) is 0 Å². The van der Waals surface area contributed by atoms with E-state index in [9.17, 15) is 4.79 Å². The largest absolute Gasteiger partial charge is 0.303 e. The number of carbonyl (C=O) groups is 1. The van der Waals surface area contributed by atoms with E-state index in [2.05, 4.69) is 41.4 Å². The molecule has 0 spiro atoms. The predicted molar refractivity (Wildman–Crippen MR) is 109 cm³/mol. The fraction of sp³-hybridized carbons (Fsp3) is 0.211. The Bertz CT molecular complexity index is 1210. The van der Waals surface area contributed by atoms with Gasteiger partial charge in [-0.05, 0) is 44.5 Å². The third-order valence-electron chi connectivity index (χ3n) is 4.41. The van der Waals surface area contributed by atoms with Crippen LogP contribution in [0.5, 0.6) is 0 Å². The van der Waals surface area contributed by atoms with Crippen LogP contribution in [0.2, 0.25) is 0 Å². The number of rotatable bonds is 3. The SMILES string of the molecule is Cc1cc(C)n2nc(C(=O)Nc3c(-c4ccc(Br)cc4)c(C)nn3C)nc2n1. The van der Waals surface area contributed by atoms with Crippen LogP contribution in [0.1, 0.15) is 27.7 Å². The number of benzene rings is 1. The summed E-state index contributed by atoms with van der Waals surface area (Å²) in [7, 11) is 1.79. The molecule has 0 unspecified atom stereocenters. The first-order valence-corrected chi connectivity index (χ1v) is 9.44. The molecule has 28 heavy (non-hydrogen) atoms. The molecule has 3 aromatic heterocycles. The number of halogens is 1. The van der Waals surface area contributed by atoms with Crippen LogP contribution >= 0.6 is 15.9 Å². The summed E-state index contributed by atoms with van der Waals surface area (Å²) in [6, 6.07) is 9.74. The highest BCUT2D eigenvalue weighted by Crippen LogP contribution is 2.32. The van der Waals surface area contributed by atoms with Gasteiger partial charge in [0.05, 0.1) is 5.69 Å². The lowest BCUT2D eigenvalue weighted by Crippen LogP contribution is -2.17. The van der Waals surface area contributed by atoms with Gasteiger partial charge in [0.1, 0.15) is 5.82 Å². The van der Waals surface area contributed by atoms with Gasteiger partial charge >= 0.3 is 0 Å². The van der Waals surface area contributed by atoms with E-state index < -0.39 is 5.91 Å². The van der Waals surface area contributed by atoms with Crippen molar-refractivity contribution in [1.82, 2.24) is 29.4 Å². The van der Waals surface area contributed by atoms with Crippen LogP contribution in [0.15, 0.2) is 34.8 Å². The zero-order chi connectivity index (χ0) is 20.0. The number of carbonyl (C=O) groups excluding carboxylic acids is 1. The van der Waals surface area contributed by atoms with E-state index in [1.54, 1.807) is 16.2 Å². The summed E-state index contributed by atoms with van der Waals surface area (Å²) in [6.45, 7) is 5.69. The van der Waals surface area contributed by atoms with Crippen molar-refractivity contribution in [2.24, 2.45) is 7.05 Å². The summed E-state index contributed by atoms with van der Waals surface area (Å²) in [4.78, 5) is 21.5. The van der Waals surface area contributed by atoms with Crippen LogP contribution in [0.4, 0.5) is 5.82 Å². The molecule has 8 nitrogen and oxygen atoms in total. The van der Waals surface area contributed by atoms with Crippen LogP contribution in [0.25, 0.3) is 16.9 Å². The molecule has 0 atom stereocenters. The average molecular weight is 440 g/mol. The molecule has 3 heterocycles. The molecule has 0 aliphatic heterocycles. The zero-order valence-electron chi connectivity index (χ0n) is 15.9. The molecule has 0 fully saturated rings. The molecular formula is C19H18BrN7O. The molecule has 0 saturated heterocycles. The topological polar surface area (TPSA) is 90.0 Å². The molecule has 142 valence electrons. The number of fused-ring (bicyclic) bond motifs is 1. The third-order valence-corrected chi connectivity index (χ3v) is 4.94. The first-order valence-electron chi connectivity index (χ1n) is 8.65. The summed E-state index contributed by atoms with van der Waals surface area (Å²) in [5.74, 6) is 0.632. The first kappa shape index (κ1) is 18.3. The molecule has 0 aliphatic rings. The Labute approximate surface area is 169 Å². The minimum Gasteiger partial charge on any atom is -0.303 e. The average Bonchev–Trinajstić information content (AvgIpc) is 3.17. The summed E-state index contributed by atoms with van der Waals surface area (Å²) in [5.41, 5.74) is 4.32. The van der Waals surface area contributed by atoms with Crippen LogP contribution in [-0.2, 0) is 7.05 Å². The fourth-order valence-electron chi connectivity index (χ4n) is 3.19. The van der Waals surface area contributed by atoms with E-state index in [1.807, 2.05) is 51.1 Å². The van der Waals surface area contributed by atoms with Gasteiger partial charge in [0.15, 0.2) is 0 Å². The Hall–Kier alpha value is -3.07. The lowest BCUT2D eigenvalue weighted by molar-refractivity contribution is 0.101. The molecule has 0 aliphatic carbocycles. The predicted octanol–water partition coefficient (Wildman–Crippen LogP) is 3.46. The molecule has 9 heteroatoms. The first-order chi connectivity index (χ1) is 13.3. The molecule has 4 rings (SSSR count). The van der Waals surface area contributed by atoms with Gasteiger partial charge in [-0.15, -0.1) is 5.10 Å². The van der Waals surface area contributed by atoms with Crippen molar-refractivity contribution in [2.75, 3.05) is 5.32 Å². The number of nitrogens with one attached hydrogen (secondary N) is 1. The smallest absolute Gasteiger partial charge is 0.296 e. The molecule has 1 amide bonds. The zero-order valence-corrected chi connectivity index (χ0v) is 17.4. The molecule has 0 radical (unpaired) electrons.